The number of hydrogen-bond donors (Lipinski definition) is 4. The predicted molar refractivity (Wildman–Crippen MR) is 112 cm³/mol. The highest BCUT2D eigenvalue weighted by Gasteiger charge is 2.22. The monoisotopic (exact) mass is 392 g/mol. The van der Waals surface area contributed by atoms with Crippen LogP contribution in [0.2, 0.25) is 0 Å². The molecule has 2 aromatic heterocycles. The molecule has 8 heteroatoms. The molecule has 0 bridgehead atoms. The Hall–Kier alpha value is -3.39. The fourth-order valence-electron chi connectivity index (χ4n) is 3.60. The molecule has 1 aliphatic rings. The van der Waals surface area contributed by atoms with Crippen molar-refractivity contribution in [1.29, 1.82) is 0 Å². The number of anilines is 3. The van der Waals surface area contributed by atoms with Gasteiger partial charge in [0.2, 0.25) is 5.88 Å². The van der Waals surface area contributed by atoms with Crippen molar-refractivity contribution < 1.29 is 9.32 Å². The smallest absolute Gasteiger partial charge is 0.269 e. The lowest BCUT2D eigenvalue weighted by Gasteiger charge is -2.30. The molecule has 0 spiro atoms. The molecule has 0 radical (unpaired) electrons. The van der Waals surface area contributed by atoms with E-state index in [2.05, 4.69) is 20.8 Å². The summed E-state index contributed by atoms with van der Waals surface area (Å²) in [7, 11) is 0. The first kappa shape index (κ1) is 18.9. The van der Waals surface area contributed by atoms with E-state index >= 15 is 0 Å². The van der Waals surface area contributed by atoms with Crippen LogP contribution in [0, 0.1) is 0 Å². The summed E-state index contributed by atoms with van der Waals surface area (Å²) in [4.78, 5) is 16.1. The minimum absolute atomic E-state index is 0.0960. The number of aromatic nitrogens is 2. The van der Waals surface area contributed by atoms with Crippen LogP contribution in [0.5, 0.6) is 0 Å². The van der Waals surface area contributed by atoms with E-state index < -0.39 is 5.91 Å². The van der Waals surface area contributed by atoms with Crippen molar-refractivity contribution >= 4 is 23.2 Å². The molecule has 4 rings (SSSR count). The van der Waals surface area contributed by atoms with Crippen LogP contribution in [-0.2, 0) is 0 Å². The van der Waals surface area contributed by atoms with Crippen LogP contribution < -0.4 is 22.1 Å². The number of carbonyl (C=O) groups is 1. The lowest BCUT2D eigenvalue weighted by atomic mass is 9.91. The van der Waals surface area contributed by atoms with Gasteiger partial charge in [0.05, 0.1) is 17.6 Å². The molecule has 1 aliphatic carbocycles. The molecule has 1 fully saturated rings. The zero-order chi connectivity index (χ0) is 20.2. The number of carbonyl (C=O) groups excluding carboxylic acids is 1. The first-order valence-electron chi connectivity index (χ1n) is 9.71. The summed E-state index contributed by atoms with van der Waals surface area (Å²) < 4.78 is 5.38. The number of pyridine rings is 1. The minimum Gasteiger partial charge on any atom is -0.379 e. The van der Waals surface area contributed by atoms with Gasteiger partial charge in [0.15, 0.2) is 5.69 Å². The van der Waals surface area contributed by atoms with Gasteiger partial charge < -0.3 is 26.6 Å². The van der Waals surface area contributed by atoms with Crippen molar-refractivity contribution in [3.63, 3.8) is 0 Å². The molecular weight excluding hydrogens is 368 g/mol. The standard InChI is InChI=1S/C21H24N6O2/c22-15-8-4-5-9-16(15)25-14-10-18(20(21(23)28)24-12-14)26-19-11-17(27-29-19)13-6-2-1-3-7-13/h1-3,6-7,10-12,15-16,25-26H,4-5,8-9,22H2,(H2,23,28)/t15-,16+/m0/s1. The summed E-state index contributed by atoms with van der Waals surface area (Å²) in [6.45, 7) is 0. The number of primary amides is 1. The molecule has 0 aliphatic heterocycles. The number of amides is 1. The number of nitrogens with two attached hydrogens (primary N) is 2. The van der Waals surface area contributed by atoms with Gasteiger partial charge in [0.1, 0.15) is 5.69 Å². The molecule has 3 aromatic rings. The van der Waals surface area contributed by atoms with Crippen LogP contribution >= 0.6 is 0 Å². The molecule has 6 N–H and O–H groups in total. The van der Waals surface area contributed by atoms with Crippen molar-refractivity contribution in [3.05, 3.63) is 54.4 Å². The second-order valence-corrected chi connectivity index (χ2v) is 7.25. The quantitative estimate of drug-likeness (QED) is 0.506. The van der Waals surface area contributed by atoms with Gasteiger partial charge in [-0.15, -0.1) is 0 Å². The summed E-state index contributed by atoms with van der Waals surface area (Å²) in [5, 5.41) is 10.6. The average molecular weight is 392 g/mol. The topological polar surface area (TPSA) is 132 Å². The number of benzene rings is 1. The third-order valence-electron chi connectivity index (χ3n) is 5.13. The largest absolute Gasteiger partial charge is 0.379 e. The van der Waals surface area contributed by atoms with Gasteiger partial charge in [-0.05, 0) is 18.9 Å². The van der Waals surface area contributed by atoms with Crippen LogP contribution in [0.1, 0.15) is 36.2 Å². The molecule has 1 aromatic carbocycles. The Morgan fingerprint density at radius 3 is 2.69 bits per heavy atom. The van der Waals surface area contributed by atoms with E-state index in [-0.39, 0.29) is 17.8 Å². The summed E-state index contributed by atoms with van der Waals surface area (Å²) in [6.07, 6.45) is 5.90. The molecule has 150 valence electrons. The van der Waals surface area contributed by atoms with E-state index in [1.807, 2.05) is 30.3 Å². The summed E-state index contributed by atoms with van der Waals surface area (Å²) in [6, 6.07) is 13.5. The molecule has 0 unspecified atom stereocenters. The number of nitrogens with zero attached hydrogens (tertiary/aromatic N) is 2. The molecule has 0 saturated heterocycles. The fraction of sp³-hybridized carbons (Fsp3) is 0.286. The number of rotatable bonds is 6. The maximum absolute atomic E-state index is 11.8. The summed E-state index contributed by atoms with van der Waals surface area (Å²) in [5.74, 6) is -0.240. The zero-order valence-electron chi connectivity index (χ0n) is 16.0. The van der Waals surface area contributed by atoms with E-state index in [1.165, 1.54) is 0 Å². The molecule has 1 saturated carbocycles. The van der Waals surface area contributed by atoms with Gasteiger partial charge in [0.25, 0.3) is 5.91 Å². The maximum Gasteiger partial charge on any atom is 0.269 e. The van der Waals surface area contributed by atoms with Crippen LogP contribution in [0.15, 0.2) is 53.2 Å². The zero-order valence-corrected chi connectivity index (χ0v) is 16.0. The van der Waals surface area contributed by atoms with Gasteiger partial charge in [0, 0.05) is 23.7 Å². The average Bonchev–Trinajstić information content (AvgIpc) is 3.19. The van der Waals surface area contributed by atoms with Crippen molar-refractivity contribution in [2.24, 2.45) is 11.5 Å². The van der Waals surface area contributed by atoms with E-state index in [4.69, 9.17) is 16.0 Å². The fourth-order valence-corrected chi connectivity index (χ4v) is 3.60. The SMILES string of the molecule is NC(=O)c1ncc(N[C@@H]2CCCC[C@@H]2N)cc1Nc1cc(-c2ccccc2)no1. The molecular formula is C21H24N6O2. The Bertz CT molecular complexity index is 988. The molecule has 1 amide bonds. The Labute approximate surface area is 168 Å². The third-order valence-corrected chi connectivity index (χ3v) is 5.13. The van der Waals surface area contributed by atoms with Crippen LogP contribution in [0.25, 0.3) is 11.3 Å². The maximum atomic E-state index is 11.8. The molecule has 2 heterocycles. The number of hydrogen-bond acceptors (Lipinski definition) is 7. The Kier molecular flexibility index (Phi) is 5.44. The second-order valence-electron chi connectivity index (χ2n) is 7.25. The minimum atomic E-state index is -0.629. The van der Waals surface area contributed by atoms with E-state index in [0.29, 0.717) is 17.3 Å². The second kappa shape index (κ2) is 8.32. The van der Waals surface area contributed by atoms with Crippen molar-refractivity contribution in [3.8, 4) is 11.3 Å². The third kappa shape index (κ3) is 4.38. The van der Waals surface area contributed by atoms with Crippen molar-refractivity contribution in [2.45, 2.75) is 37.8 Å². The van der Waals surface area contributed by atoms with Gasteiger partial charge in [-0.2, -0.15) is 0 Å². The van der Waals surface area contributed by atoms with Gasteiger partial charge in [-0.1, -0.05) is 48.3 Å². The summed E-state index contributed by atoms with van der Waals surface area (Å²) in [5.41, 5.74) is 14.7. The van der Waals surface area contributed by atoms with Gasteiger partial charge in [-0.3, -0.25) is 4.79 Å². The van der Waals surface area contributed by atoms with E-state index in [1.54, 1.807) is 18.3 Å². The van der Waals surface area contributed by atoms with Gasteiger partial charge >= 0.3 is 0 Å². The summed E-state index contributed by atoms with van der Waals surface area (Å²) >= 11 is 0. The van der Waals surface area contributed by atoms with Crippen LogP contribution in [0.3, 0.4) is 0 Å². The highest BCUT2D eigenvalue weighted by molar-refractivity contribution is 5.97. The van der Waals surface area contributed by atoms with E-state index in [0.717, 1.165) is 36.9 Å². The normalized spacial score (nSPS) is 18.9. The van der Waals surface area contributed by atoms with E-state index in [9.17, 15) is 4.79 Å². The Morgan fingerprint density at radius 1 is 1.14 bits per heavy atom. The number of nitrogens with one attached hydrogen (secondary N) is 2. The first-order valence-corrected chi connectivity index (χ1v) is 9.71. The van der Waals surface area contributed by atoms with Crippen molar-refractivity contribution in [1.82, 2.24) is 10.1 Å². The van der Waals surface area contributed by atoms with Crippen molar-refractivity contribution in [2.75, 3.05) is 10.6 Å². The van der Waals surface area contributed by atoms with Crippen LogP contribution in [-0.4, -0.2) is 28.1 Å². The molecule has 8 nitrogen and oxygen atoms in total. The molecule has 29 heavy (non-hydrogen) atoms. The molecule has 2 atom stereocenters. The lowest BCUT2D eigenvalue weighted by molar-refractivity contribution is 0.0996. The first-order chi connectivity index (χ1) is 14.1. The van der Waals surface area contributed by atoms with Gasteiger partial charge in [-0.25, -0.2) is 4.98 Å². The Balaban J connectivity index is 1.57. The van der Waals surface area contributed by atoms with Crippen LogP contribution in [0.4, 0.5) is 17.3 Å². The highest BCUT2D eigenvalue weighted by Crippen LogP contribution is 2.28. The highest BCUT2D eigenvalue weighted by atomic mass is 16.5. The predicted octanol–water partition coefficient (Wildman–Crippen LogP) is 3.26. The lowest BCUT2D eigenvalue weighted by Crippen LogP contribution is -2.42. The Morgan fingerprint density at radius 2 is 1.93 bits per heavy atom.